The highest BCUT2D eigenvalue weighted by molar-refractivity contribution is 5.01. The fourth-order valence-electron chi connectivity index (χ4n) is 2.92. The first-order chi connectivity index (χ1) is 10.2. The van der Waals surface area contributed by atoms with Crippen LogP contribution in [0.4, 0.5) is 0 Å². The maximum atomic E-state index is 5.74. The first-order valence-electron chi connectivity index (χ1n) is 8.15. The molecule has 1 aromatic rings. The molecule has 1 aliphatic rings. The van der Waals surface area contributed by atoms with Crippen LogP contribution in [0.5, 0.6) is 0 Å². The molecule has 1 fully saturated rings. The van der Waals surface area contributed by atoms with Crippen LogP contribution < -0.4 is 0 Å². The van der Waals surface area contributed by atoms with E-state index in [1.807, 2.05) is 6.20 Å². The van der Waals surface area contributed by atoms with Crippen molar-refractivity contribution in [1.29, 1.82) is 0 Å². The lowest BCUT2D eigenvalue weighted by atomic mass is 10.1. The van der Waals surface area contributed by atoms with E-state index in [0.717, 1.165) is 51.6 Å². The Morgan fingerprint density at radius 1 is 1.48 bits per heavy atom. The first kappa shape index (κ1) is 16.5. The molecule has 2 heterocycles. The lowest BCUT2D eigenvalue weighted by molar-refractivity contribution is 0.112. The molecular formula is C16H30N4O. The lowest BCUT2D eigenvalue weighted by Gasteiger charge is -2.24. The van der Waals surface area contributed by atoms with Crippen molar-refractivity contribution in [1.82, 2.24) is 19.8 Å². The van der Waals surface area contributed by atoms with Gasteiger partial charge >= 0.3 is 0 Å². The normalized spacial score (nSPS) is 20.9. The van der Waals surface area contributed by atoms with Crippen LogP contribution in [0, 0.1) is 5.92 Å². The number of nitrogens with zero attached hydrogens (tertiary/aromatic N) is 3. The van der Waals surface area contributed by atoms with E-state index in [2.05, 4.69) is 40.8 Å². The van der Waals surface area contributed by atoms with Crippen molar-refractivity contribution in [3.05, 3.63) is 17.7 Å². The average molecular weight is 294 g/mol. The van der Waals surface area contributed by atoms with Crippen LogP contribution in [0.25, 0.3) is 0 Å². The van der Waals surface area contributed by atoms with Gasteiger partial charge in [0, 0.05) is 50.4 Å². The molecule has 0 bridgehead atoms. The predicted octanol–water partition coefficient (Wildman–Crippen LogP) is 1.76. The third-order valence-electron chi connectivity index (χ3n) is 3.89. The van der Waals surface area contributed by atoms with Gasteiger partial charge in [-0.25, -0.2) is 4.98 Å². The molecule has 1 aromatic heterocycles. The fourth-order valence-corrected chi connectivity index (χ4v) is 2.92. The number of unbranched alkanes of at least 4 members (excludes halogenated alkanes) is 1. The molecule has 0 amide bonds. The zero-order valence-electron chi connectivity index (χ0n) is 13.8. The minimum absolute atomic E-state index is 0.588. The molecule has 0 aromatic carbocycles. The maximum absolute atomic E-state index is 5.74. The van der Waals surface area contributed by atoms with E-state index >= 15 is 0 Å². The van der Waals surface area contributed by atoms with Crippen LogP contribution in [0.3, 0.4) is 0 Å². The highest BCUT2D eigenvalue weighted by atomic mass is 16.5. The van der Waals surface area contributed by atoms with Crippen LogP contribution in [-0.2, 0) is 17.7 Å². The number of nitrogens with one attached hydrogen (secondary N) is 1. The van der Waals surface area contributed by atoms with Gasteiger partial charge in [-0.1, -0.05) is 13.3 Å². The summed E-state index contributed by atoms with van der Waals surface area (Å²) in [5, 5.41) is 0. The fraction of sp³-hybridized carbons (Fsp3) is 0.812. The molecule has 1 aliphatic heterocycles. The summed E-state index contributed by atoms with van der Waals surface area (Å²) in [6.07, 6.45) is 5.47. The van der Waals surface area contributed by atoms with Gasteiger partial charge in [-0.15, -0.1) is 0 Å². The molecule has 0 radical (unpaired) electrons. The summed E-state index contributed by atoms with van der Waals surface area (Å²) in [5.41, 5.74) is 1.23. The van der Waals surface area contributed by atoms with Crippen LogP contribution in [0.15, 0.2) is 6.20 Å². The van der Waals surface area contributed by atoms with Gasteiger partial charge in [0.05, 0.1) is 13.2 Å². The molecule has 21 heavy (non-hydrogen) atoms. The quantitative estimate of drug-likeness (QED) is 0.832. The Morgan fingerprint density at radius 2 is 2.33 bits per heavy atom. The second-order valence-corrected chi connectivity index (χ2v) is 6.40. The zero-order chi connectivity index (χ0) is 15.1. The number of rotatable bonds is 7. The summed E-state index contributed by atoms with van der Waals surface area (Å²) in [4.78, 5) is 12.7. The van der Waals surface area contributed by atoms with Gasteiger partial charge in [-0.3, -0.25) is 4.90 Å². The van der Waals surface area contributed by atoms with E-state index in [1.54, 1.807) is 0 Å². The van der Waals surface area contributed by atoms with Crippen LogP contribution in [-0.4, -0.2) is 66.7 Å². The summed E-state index contributed by atoms with van der Waals surface area (Å²) in [7, 11) is 4.26. The van der Waals surface area contributed by atoms with Crippen LogP contribution in [0.2, 0.25) is 0 Å². The molecular weight excluding hydrogens is 264 g/mol. The number of hydrogen-bond donors (Lipinski definition) is 1. The number of aryl methyl sites for hydroxylation is 1. The molecule has 1 saturated heterocycles. The van der Waals surface area contributed by atoms with Crippen molar-refractivity contribution in [3.63, 3.8) is 0 Å². The zero-order valence-corrected chi connectivity index (χ0v) is 13.8. The number of H-pyrrole nitrogens is 1. The van der Waals surface area contributed by atoms with E-state index in [-0.39, 0.29) is 0 Å². The SMILES string of the molecule is CCCCc1ncc(CN2CCOCC(CN(C)C)C2)[nH]1. The Kier molecular flexibility index (Phi) is 6.67. The number of hydrogen-bond acceptors (Lipinski definition) is 4. The minimum Gasteiger partial charge on any atom is -0.380 e. The Balaban J connectivity index is 1.86. The highest BCUT2D eigenvalue weighted by Gasteiger charge is 2.19. The molecule has 0 spiro atoms. The van der Waals surface area contributed by atoms with E-state index in [4.69, 9.17) is 4.74 Å². The Morgan fingerprint density at radius 3 is 3.10 bits per heavy atom. The topological polar surface area (TPSA) is 44.4 Å². The standard InChI is InChI=1S/C16H30N4O/c1-4-5-6-16-17-9-15(18-16)12-20-7-8-21-13-14(11-20)10-19(2)3/h9,14H,4-8,10-13H2,1-3H3,(H,17,18). The van der Waals surface area contributed by atoms with Crippen molar-refractivity contribution < 1.29 is 4.74 Å². The van der Waals surface area contributed by atoms with Gasteiger partial charge in [0.1, 0.15) is 5.82 Å². The van der Waals surface area contributed by atoms with Gasteiger partial charge in [0.2, 0.25) is 0 Å². The lowest BCUT2D eigenvalue weighted by Crippen LogP contribution is -2.34. The first-order valence-corrected chi connectivity index (χ1v) is 8.15. The van der Waals surface area contributed by atoms with Crippen LogP contribution in [0.1, 0.15) is 31.3 Å². The molecule has 5 nitrogen and oxygen atoms in total. The third kappa shape index (κ3) is 5.77. The smallest absolute Gasteiger partial charge is 0.106 e. The minimum atomic E-state index is 0.588. The molecule has 0 saturated carbocycles. The largest absolute Gasteiger partial charge is 0.380 e. The molecule has 0 aliphatic carbocycles. The third-order valence-corrected chi connectivity index (χ3v) is 3.89. The number of ether oxygens (including phenoxy) is 1. The highest BCUT2D eigenvalue weighted by Crippen LogP contribution is 2.12. The number of aromatic amines is 1. The Bertz CT molecular complexity index is 405. The van der Waals surface area contributed by atoms with Crippen molar-refractivity contribution in [3.8, 4) is 0 Å². The van der Waals surface area contributed by atoms with Crippen molar-refractivity contribution in [2.45, 2.75) is 32.7 Å². The molecule has 1 N–H and O–H groups in total. The number of aromatic nitrogens is 2. The van der Waals surface area contributed by atoms with Crippen molar-refractivity contribution >= 4 is 0 Å². The monoisotopic (exact) mass is 294 g/mol. The van der Waals surface area contributed by atoms with Gasteiger partial charge < -0.3 is 14.6 Å². The average Bonchev–Trinajstić information content (AvgIpc) is 2.76. The van der Waals surface area contributed by atoms with E-state index < -0.39 is 0 Å². The Labute approximate surface area is 128 Å². The van der Waals surface area contributed by atoms with Gasteiger partial charge in [-0.05, 0) is 20.5 Å². The summed E-state index contributed by atoms with van der Waals surface area (Å²) >= 11 is 0. The number of imidazole rings is 1. The second-order valence-electron chi connectivity index (χ2n) is 6.40. The molecule has 1 unspecified atom stereocenters. The predicted molar refractivity (Wildman–Crippen MR) is 85.3 cm³/mol. The Hall–Kier alpha value is -0.910. The summed E-state index contributed by atoms with van der Waals surface area (Å²) in [6, 6.07) is 0. The summed E-state index contributed by atoms with van der Waals surface area (Å²) in [6.45, 7) is 8.06. The summed E-state index contributed by atoms with van der Waals surface area (Å²) < 4.78 is 5.74. The van der Waals surface area contributed by atoms with Gasteiger partial charge in [-0.2, -0.15) is 0 Å². The molecule has 5 heteroatoms. The molecule has 120 valence electrons. The molecule has 1 atom stereocenters. The van der Waals surface area contributed by atoms with Gasteiger partial charge in [0.25, 0.3) is 0 Å². The van der Waals surface area contributed by atoms with E-state index in [0.29, 0.717) is 5.92 Å². The van der Waals surface area contributed by atoms with Crippen molar-refractivity contribution in [2.75, 3.05) is 46.9 Å². The van der Waals surface area contributed by atoms with Crippen molar-refractivity contribution in [2.24, 2.45) is 5.92 Å². The molecule has 2 rings (SSSR count). The van der Waals surface area contributed by atoms with E-state index in [9.17, 15) is 0 Å². The second kappa shape index (κ2) is 8.51. The summed E-state index contributed by atoms with van der Waals surface area (Å²) in [5.74, 6) is 1.72. The van der Waals surface area contributed by atoms with Crippen LogP contribution >= 0.6 is 0 Å². The van der Waals surface area contributed by atoms with E-state index in [1.165, 1.54) is 18.5 Å². The van der Waals surface area contributed by atoms with Gasteiger partial charge in [0.15, 0.2) is 0 Å². The maximum Gasteiger partial charge on any atom is 0.106 e.